The lowest BCUT2D eigenvalue weighted by atomic mass is 9.70. The highest BCUT2D eigenvalue weighted by Gasteiger charge is 2.50. The molecule has 7 nitrogen and oxygen atoms in total. The predicted molar refractivity (Wildman–Crippen MR) is 134 cm³/mol. The van der Waals surface area contributed by atoms with Crippen molar-refractivity contribution in [2.75, 3.05) is 14.1 Å². The van der Waals surface area contributed by atoms with Gasteiger partial charge in [-0.15, -0.1) is 0 Å². The van der Waals surface area contributed by atoms with E-state index >= 15 is 0 Å². The minimum absolute atomic E-state index is 0.0357. The maximum absolute atomic E-state index is 14.6. The number of carbonyl (C=O) groups is 2. The first-order valence-corrected chi connectivity index (χ1v) is 12.2. The Bertz CT molecular complexity index is 1310. The first-order valence-electron chi connectivity index (χ1n) is 11.8. The van der Waals surface area contributed by atoms with Crippen LogP contribution >= 0.6 is 11.6 Å². The molecule has 0 aliphatic heterocycles. The van der Waals surface area contributed by atoms with Crippen molar-refractivity contribution in [2.24, 2.45) is 5.73 Å². The van der Waals surface area contributed by atoms with Crippen LogP contribution in [-0.4, -0.2) is 47.2 Å². The van der Waals surface area contributed by atoms with Gasteiger partial charge < -0.3 is 19.9 Å². The van der Waals surface area contributed by atoms with Gasteiger partial charge in [0.05, 0.1) is 10.6 Å². The van der Waals surface area contributed by atoms with E-state index in [9.17, 15) is 18.4 Å². The fourth-order valence-electron chi connectivity index (χ4n) is 5.03. The van der Waals surface area contributed by atoms with Gasteiger partial charge in [-0.05, 0) is 76.9 Å². The van der Waals surface area contributed by atoms with Crippen LogP contribution in [0.2, 0.25) is 5.02 Å². The molecule has 0 spiro atoms. The van der Waals surface area contributed by atoms with E-state index in [0.29, 0.717) is 24.8 Å². The molecule has 0 unspecified atom stereocenters. The van der Waals surface area contributed by atoms with Gasteiger partial charge in [0, 0.05) is 5.54 Å². The number of hydrogen-bond acceptors (Lipinski definition) is 6. The highest BCUT2D eigenvalue weighted by Crippen LogP contribution is 2.43. The van der Waals surface area contributed by atoms with E-state index in [2.05, 4.69) is 5.16 Å². The standard InChI is InChI=1S/C27H28ClF2N3O4/c1-16-21(23(32-37-16)22-18(28)8-6-10-20(22)30)24(34)36-27(25(31)35)13-11-26(12-14-27,33(2)3)15-17-7-4-5-9-19(17)29/h4-10H,11-15H2,1-3H3,(H2,31,35). The number of aromatic nitrogens is 1. The van der Waals surface area contributed by atoms with E-state index in [1.165, 1.54) is 31.2 Å². The summed E-state index contributed by atoms with van der Waals surface area (Å²) in [5.41, 5.74) is 3.88. The van der Waals surface area contributed by atoms with Gasteiger partial charge in [-0.3, -0.25) is 4.79 Å². The Morgan fingerprint density at radius 3 is 2.32 bits per heavy atom. The maximum Gasteiger partial charge on any atom is 0.345 e. The van der Waals surface area contributed by atoms with Crippen molar-refractivity contribution < 1.29 is 27.6 Å². The Hall–Kier alpha value is -3.30. The summed E-state index contributed by atoms with van der Waals surface area (Å²) in [5, 5.41) is 3.87. The summed E-state index contributed by atoms with van der Waals surface area (Å²) in [6.45, 7) is 1.48. The molecule has 0 bridgehead atoms. The van der Waals surface area contributed by atoms with Crippen LogP contribution in [-0.2, 0) is 16.0 Å². The van der Waals surface area contributed by atoms with Crippen molar-refractivity contribution in [2.45, 2.75) is 50.2 Å². The number of primary amides is 1. The summed E-state index contributed by atoms with van der Waals surface area (Å²) in [5.74, 6) is -2.63. The third-order valence-corrected chi connectivity index (χ3v) is 7.73. The molecule has 1 aromatic heterocycles. The second kappa shape index (κ2) is 10.2. The zero-order valence-corrected chi connectivity index (χ0v) is 21.6. The zero-order chi connectivity index (χ0) is 27.0. The van der Waals surface area contributed by atoms with E-state index < -0.39 is 28.8 Å². The third-order valence-electron chi connectivity index (χ3n) is 7.42. The Morgan fingerprint density at radius 1 is 1.08 bits per heavy atom. The molecule has 3 aromatic rings. The maximum atomic E-state index is 14.6. The molecule has 10 heteroatoms. The van der Waals surface area contributed by atoms with Crippen LogP contribution < -0.4 is 5.73 Å². The first kappa shape index (κ1) is 26.8. The summed E-state index contributed by atoms with van der Waals surface area (Å²) in [4.78, 5) is 28.1. The molecule has 1 amide bonds. The van der Waals surface area contributed by atoms with Gasteiger partial charge in [0.2, 0.25) is 0 Å². The topological polar surface area (TPSA) is 98.7 Å². The molecule has 1 heterocycles. The number of ether oxygens (including phenoxy) is 1. The number of benzene rings is 2. The number of aryl methyl sites for hydroxylation is 1. The molecule has 0 atom stereocenters. The highest BCUT2D eigenvalue weighted by molar-refractivity contribution is 6.33. The molecular weight excluding hydrogens is 504 g/mol. The van der Waals surface area contributed by atoms with Gasteiger partial charge >= 0.3 is 5.97 Å². The van der Waals surface area contributed by atoms with Gasteiger partial charge in [-0.2, -0.15) is 0 Å². The van der Waals surface area contributed by atoms with Gasteiger partial charge in [-0.1, -0.05) is 41.0 Å². The molecule has 0 radical (unpaired) electrons. The Balaban J connectivity index is 1.62. The number of carbonyl (C=O) groups excluding carboxylic acids is 2. The van der Waals surface area contributed by atoms with Crippen molar-refractivity contribution in [3.05, 3.63) is 76.0 Å². The summed E-state index contributed by atoms with van der Waals surface area (Å²) >= 11 is 6.18. The minimum Gasteiger partial charge on any atom is -0.445 e. The lowest BCUT2D eigenvalue weighted by Crippen LogP contribution is -2.57. The van der Waals surface area contributed by atoms with Crippen molar-refractivity contribution in [1.82, 2.24) is 10.1 Å². The minimum atomic E-state index is -1.61. The summed E-state index contributed by atoms with van der Waals surface area (Å²) < 4.78 is 40.0. The molecule has 2 aromatic carbocycles. The Labute approximate surface area is 218 Å². The lowest BCUT2D eigenvalue weighted by Gasteiger charge is -2.48. The summed E-state index contributed by atoms with van der Waals surface area (Å²) in [6, 6.07) is 10.6. The zero-order valence-electron chi connectivity index (χ0n) is 20.8. The fraction of sp³-hybridized carbons (Fsp3) is 0.370. The number of halogens is 3. The van der Waals surface area contributed by atoms with Gasteiger partial charge in [0.25, 0.3) is 5.91 Å². The van der Waals surface area contributed by atoms with Crippen molar-refractivity contribution in [1.29, 1.82) is 0 Å². The SMILES string of the molecule is Cc1onc(-c2c(F)cccc2Cl)c1C(=O)OC1(C(N)=O)CCC(Cc2ccccc2F)(N(C)C)CC1. The number of hydrogen-bond donors (Lipinski definition) is 1. The van der Waals surface area contributed by atoms with E-state index in [0.717, 1.165) is 0 Å². The number of amides is 1. The van der Waals surface area contributed by atoms with Crippen LogP contribution in [0.1, 0.15) is 47.4 Å². The molecule has 1 aliphatic rings. The number of rotatable bonds is 7. The molecule has 1 aliphatic carbocycles. The smallest absolute Gasteiger partial charge is 0.345 e. The molecule has 37 heavy (non-hydrogen) atoms. The number of nitrogens with zero attached hydrogens (tertiary/aromatic N) is 2. The van der Waals surface area contributed by atoms with E-state index in [4.69, 9.17) is 26.6 Å². The molecule has 0 saturated heterocycles. The van der Waals surface area contributed by atoms with Crippen molar-refractivity contribution in [3.63, 3.8) is 0 Å². The average Bonchev–Trinajstić information content (AvgIpc) is 3.22. The Morgan fingerprint density at radius 2 is 1.73 bits per heavy atom. The average molecular weight is 532 g/mol. The molecule has 4 rings (SSSR count). The molecule has 196 valence electrons. The molecule has 2 N–H and O–H groups in total. The summed E-state index contributed by atoms with van der Waals surface area (Å²) in [7, 11) is 3.80. The van der Waals surface area contributed by atoms with Crippen LogP contribution in [0, 0.1) is 18.6 Å². The van der Waals surface area contributed by atoms with Crippen LogP contribution in [0.15, 0.2) is 47.0 Å². The monoisotopic (exact) mass is 531 g/mol. The van der Waals surface area contributed by atoms with Gasteiger partial charge in [0.15, 0.2) is 5.60 Å². The van der Waals surface area contributed by atoms with Crippen LogP contribution in [0.4, 0.5) is 8.78 Å². The lowest BCUT2D eigenvalue weighted by molar-refractivity contribution is -0.144. The highest BCUT2D eigenvalue weighted by atomic mass is 35.5. The second-order valence-electron chi connectivity index (χ2n) is 9.69. The van der Waals surface area contributed by atoms with Gasteiger partial charge in [-0.25, -0.2) is 13.6 Å². The predicted octanol–water partition coefficient (Wildman–Crippen LogP) is 5.08. The summed E-state index contributed by atoms with van der Waals surface area (Å²) in [6.07, 6.45) is 1.50. The largest absolute Gasteiger partial charge is 0.445 e. The molecular formula is C27H28ClF2N3O4. The fourth-order valence-corrected chi connectivity index (χ4v) is 5.28. The van der Waals surface area contributed by atoms with E-state index in [-0.39, 0.29) is 46.3 Å². The van der Waals surface area contributed by atoms with Crippen molar-refractivity contribution in [3.8, 4) is 11.3 Å². The Kier molecular flexibility index (Phi) is 7.39. The first-order chi connectivity index (χ1) is 17.5. The second-order valence-corrected chi connectivity index (χ2v) is 10.1. The molecule has 1 fully saturated rings. The van der Waals surface area contributed by atoms with Crippen molar-refractivity contribution >= 4 is 23.5 Å². The quantitative estimate of drug-likeness (QED) is 0.427. The van der Waals surface area contributed by atoms with Crippen LogP contribution in [0.25, 0.3) is 11.3 Å². The number of nitrogens with two attached hydrogens (primary N) is 1. The normalized spacial score (nSPS) is 21.7. The van der Waals surface area contributed by atoms with Crippen LogP contribution in [0.3, 0.4) is 0 Å². The van der Waals surface area contributed by atoms with Crippen LogP contribution in [0.5, 0.6) is 0 Å². The number of esters is 1. The molecule has 1 saturated carbocycles. The number of likely N-dealkylation sites (N-methyl/N-ethyl adjacent to an activating group) is 1. The van der Waals surface area contributed by atoms with Gasteiger partial charge in [0.1, 0.15) is 28.7 Å². The van der Waals surface area contributed by atoms with E-state index in [1.54, 1.807) is 18.2 Å². The third kappa shape index (κ3) is 4.98. The van der Waals surface area contributed by atoms with E-state index in [1.807, 2.05) is 19.0 Å².